The lowest BCUT2D eigenvalue weighted by Crippen LogP contribution is -2.61. The molecule has 1 N–H and O–H groups in total. The van der Waals surface area contributed by atoms with Crippen molar-refractivity contribution in [2.45, 2.75) is 58.7 Å². The maximum atomic E-state index is 12.8. The van der Waals surface area contributed by atoms with Gasteiger partial charge in [0, 0.05) is 19.6 Å². The van der Waals surface area contributed by atoms with Gasteiger partial charge in [-0.2, -0.15) is 0 Å². The Labute approximate surface area is 215 Å². The minimum atomic E-state index is -0.508. The third kappa shape index (κ3) is 5.99. The molecule has 0 spiro atoms. The van der Waals surface area contributed by atoms with Crippen LogP contribution in [0.2, 0.25) is 0 Å². The highest BCUT2D eigenvalue weighted by Gasteiger charge is 2.39. The minimum absolute atomic E-state index is 0.000701. The third-order valence-electron chi connectivity index (χ3n) is 6.49. The topological polar surface area (TPSA) is 57.7 Å². The van der Waals surface area contributed by atoms with Crippen molar-refractivity contribution in [3.8, 4) is 0 Å². The third-order valence-corrected chi connectivity index (χ3v) is 6.49. The van der Waals surface area contributed by atoms with Gasteiger partial charge in [0.2, 0.25) is 0 Å². The lowest BCUT2D eigenvalue weighted by atomic mass is 9.98. The zero-order chi connectivity index (χ0) is 25.9. The second-order valence-corrected chi connectivity index (χ2v) is 11.1. The molecule has 0 unspecified atom stereocenters. The van der Waals surface area contributed by atoms with Crippen LogP contribution in [-0.4, -0.2) is 46.8 Å². The molecule has 1 aliphatic heterocycles. The van der Waals surface area contributed by atoms with Crippen molar-refractivity contribution >= 4 is 17.6 Å². The summed E-state index contributed by atoms with van der Waals surface area (Å²) in [6.45, 7) is 14.0. The number of aryl methyl sites for hydroxylation is 1. The number of aromatic nitrogens is 1. The van der Waals surface area contributed by atoms with Crippen molar-refractivity contribution in [1.82, 2.24) is 9.88 Å². The maximum absolute atomic E-state index is 12.8. The number of amides is 1. The highest BCUT2D eigenvalue weighted by atomic mass is 16.6. The Bertz CT molecular complexity index is 1130. The van der Waals surface area contributed by atoms with E-state index < -0.39 is 5.60 Å². The Morgan fingerprint density at radius 3 is 2.08 bits per heavy atom. The Morgan fingerprint density at radius 2 is 1.58 bits per heavy atom. The molecule has 0 saturated carbocycles. The Balaban J connectivity index is 1.51. The molecule has 2 heterocycles. The first-order valence-electron chi connectivity index (χ1n) is 12.6. The Kier molecular flexibility index (Phi) is 7.25. The van der Waals surface area contributed by atoms with E-state index in [-0.39, 0.29) is 17.7 Å². The maximum Gasteiger partial charge on any atom is 0.410 e. The number of anilines is 2. The van der Waals surface area contributed by atoms with Gasteiger partial charge in [-0.25, -0.2) is 9.78 Å². The number of hydrogen-bond donors (Lipinski definition) is 1. The molecule has 2 aromatic carbocycles. The molecule has 6 heteroatoms. The first-order chi connectivity index (χ1) is 17.0. The number of pyridine rings is 1. The number of hydrogen-bond acceptors (Lipinski definition) is 5. The first-order valence-corrected chi connectivity index (χ1v) is 12.6. The van der Waals surface area contributed by atoms with Crippen LogP contribution in [0.4, 0.5) is 16.3 Å². The second kappa shape index (κ2) is 10.2. The van der Waals surface area contributed by atoms with Gasteiger partial charge in [-0.3, -0.25) is 4.90 Å². The lowest BCUT2D eigenvalue weighted by molar-refractivity contribution is 0.000372. The summed E-state index contributed by atoms with van der Waals surface area (Å²) >= 11 is 0. The normalized spacial score (nSPS) is 15.6. The van der Waals surface area contributed by atoms with E-state index in [0.29, 0.717) is 13.1 Å². The molecule has 6 nitrogen and oxygen atoms in total. The minimum Gasteiger partial charge on any atom is -0.444 e. The van der Waals surface area contributed by atoms with E-state index in [0.717, 1.165) is 23.6 Å². The van der Waals surface area contributed by atoms with Gasteiger partial charge >= 0.3 is 6.09 Å². The predicted octanol–water partition coefficient (Wildman–Crippen LogP) is 6.43. The molecule has 36 heavy (non-hydrogen) atoms. The number of carbonyl (C=O) groups excluding carboxylic acids is 1. The quantitative estimate of drug-likeness (QED) is 0.450. The summed E-state index contributed by atoms with van der Waals surface area (Å²) in [7, 11) is 0. The SMILES string of the molecule is Cc1cc(N2CCN(C(=O)OC(C)(C)C)C(C)(C)C2)cnc1NC(c1ccccc1)c1ccccc1. The van der Waals surface area contributed by atoms with Crippen LogP contribution in [0.15, 0.2) is 72.9 Å². The molecule has 4 rings (SSSR count). The molecule has 0 atom stereocenters. The van der Waals surface area contributed by atoms with Crippen molar-refractivity contribution in [3.63, 3.8) is 0 Å². The van der Waals surface area contributed by atoms with Crippen molar-refractivity contribution in [2.75, 3.05) is 29.9 Å². The van der Waals surface area contributed by atoms with Crippen molar-refractivity contribution < 1.29 is 9.53 Å². The fourth-order valence-corrected chi connectivity index (χ4v) is 4.70. The van der Waals surface area contributed by atoms with E-state index in [1.165, 1.54) is 11.1 Å². The first kappa shape index (κ1) is 25.5. The van der Waals surface area contributed by atoms with Crippen LogP contribution in [0.3, 0.4) is 0 Å². The van der Waals surface area contributed by atoms with Gasteiger partial charge in [-0.05, 0) is 64.3 Å². The molecule has 1 saturated heterocycles. The van der Waals surface area contributed by atoms with Gasteiger partial charge in [0.1, 0.15) is 11.4 Å². The van der Waals surface area contributed by atoms with Crippen molar-refractivity contribution in [1.29, 1.82) is 0 Å². The summed E-state index contributed by atoms with van der Waals surface area (Å²) in [5, 5.41) is 3.67. The average molecular weight is 487 g/mol. The van der Waals surface area contributed by atoms with Crippen LogP contribution in [0.1, 0.15) is 57.4 Å². The summed E-state index contributed by atoms with van der Waals surface area (Å²) in [6, 6.07) is 23.1. The summed E-state index contributed by atoms with van der Waals surface area (Å²) in [5.41, 5.74) is 3.65. The molecule has 0 bridgehead atoms. The number of piperazine rings is 1. The molecule has 1 amide bonds. The lowest BCUT2D eigenvalue weighted by Gasteiger charge is -2.47. The number of nitrogens with zero attached hydrogens (tertiary/aromatic N) is 3. The predicted molar refractivity (Wildman–Crippen MR) is 147 cm³/mol. The average Bonchev–Trinajstić information content (AvgIpc) is 2.82. The van der Waals surface area contributed by atoms with Gasteiger partial charge < -0.3 is 15.0 Å². The van der Waals surface area contributed by atoms with Crippen LogP contribution in [0.25, 0.3) is 0 Å². The second-order valence-electron chi connectivity index (χ2n) is 11.1. The van der Waals surface area contributed by atoms with E-state index in [4.69, 9.17) is 9.72 Å². The fourth-order valence-electron chi connectivity index (χ4n) is 4.70. The van der Waals surface area contributed by atoms with Gasteiger partial charge in [-0.1, -0.05) is 60.7 Å². The monoisotopic (exact) mass is 486 g/mol. The van der Waals surface area contributed by atoms with Crippen LogP contribution >= 0.6 is 0 Å². The van der Waals surface area contributed by atoms with Gasteiger partial charge in [0.15, 0.2) is 0 Å². The molecule has 1 fully saturated rings. The molecular weight excluding hydrogens is 448 g/mol. The van der Waals surface area contributed by atoms with E-state index in [1.54, 1.807) is 0 Å². The highest BCUT2D eigenvalue weighted by molar-refractivity contribution is 5.70. The van der Waals surface area contributed by atoms with Crippen LogP contribution < -0.4 is 10.2 Å². The van der Waals surface area contributed by atoms with E-state index in [2.05, 4.69) is 85.6 Å². The molecular formula is C30H38N4O2. The van der Waals surface area contributed by atoms with E-state index >= 15 is 0 Å². The number of carbonyl (C=O) groups is 1. The number of ether oxygens (including phenoxy) is 1. The summed E-state index contributed by atoms with van der Waals surface area (Å²) in [5.74, 6) is 0.864. The van der Waals surface area contributed by atoms with Gasteiger partial charge in [-0.15, -0.1) is 0 Å². The number of rotatable bonds is 5. The largest absolute Gasteiger partial charge is 0.444 e. The summed E-state index contributed by atoms with van der Waals surface area (Å²) < 4.78 is 5.65. The van der Waals surface area contributed by atoms with Crippen LogP contribution in [-0.2, 0) is 4.74 Å². The molecule has 190 valence electrons. The summed E-state index contributed by atoms with van der Waals surface area (Å²) in [6.07, 6.45) is 1.68. The Morgan fingerprint density at radius 1 is 1.00 bits per heavy atom. The molecule has 0 radical (unpaired) electrons. The van der Waals surface area contributed by atoms with Crippen molar-refractivity contribution in [3.05, 3.63) is 89.6 Å². The molecule has 1 aliphatic rings. The van der Waals surface area contributed by atoms with Gasteiger partial charge in [0.05, 0.1) is 23.5 Å². The fraction of sp³-hybridized carbons (Fsp3) is 0.400. The zero-order valence-electron chi connectivity index (χ0n) is 22.3. The molecule has 3 aromatic rings. The Hall–Kier alpha value is -3.54. The summed E-state index contributed by atoms with van der Waals surface area (Å²) in [4.78, 5) is 21.8. The number of benzene rings is 2. The molecule has 1 aromatic heterocycles. The zero-order valence-corrected chi connectivity index (χ0v) is 22.3. The molecule has 0 aliphatic carbocycles. The van der Waals surface area contributed by atoms with Crippen LogP contribution in [0, 0.1) is 6.92 Å². The smallest absolute Gasteiger partial charge is 0.410 e. The standard InChI is InChI=1S/C30H38N4O2/c1-22-19-25(33-17-18-34(30(5,6)21-33)28(35)36-29(2,3)4)20-31-27(22)32-26(23-13-9-7-10-14-23)24-15-11-8-12-16-24/h7-16,19-20,26H,17-18,21H2,1-6H3,(H,31,32). The number of nitrogens with one attached hydrogen (secondary N) is 1. The van der Waals surface area contributed by atoms with Crippen LogP contribution in [0.5, 0.6) is 0 Å². The van der Waals surface area contributed by atoms with Gasteiger partial charge in [0.25, 0.3) is 0 Å². The van der Waals surface area contributed by atoms with Crippen molar-refractivity contribution in [2.24, 2.45) is 0 Å². The van der Waals surface area contributed by atoms with E-state index in [9.17, 15) is 4.79 Å². The van der Waals surface area contributed by atoms with E-state index in [1.807, 2.05) is 44.0 Å². The highest BCUT2D eigenvalue weighted by Crippen LogP contribution is 2.31.